The van der Waals surface area contributed by atoms with E-state index in [2.05, 4.69) is 10.3 Å². The summed E-state index contributed by atoms with van der Waals surface area (Å²) in [6, 6.07) is 9.86. The van der Waals surface area contributed by atoms with Crippen molar-refractivity contribution < 1.29 is 9.50 Å². The lowest BCUT2D eigenvalue weighted by Crippen LogP contribution is -2.17. The maximum Gasteiger partial charge on any atom is 0.127 e. The number of nitrogens with one attached hydrogen (secondary N) is 1. The largest absolute Gasteiger partial charge is 0.508 e. The Balaban J connectivity index is 1.78. The third-order valence-corrected chi connectivity index (χ3v) is 2.56. The Bertz CT molecular complexity index is 482. The fourth-order valence-electron chi connectivity index (χ4n) is 1.73. The summed E-state index contributed by atoms with van der Waals surface area (Å²) < 4.78 is 13.0. The Hall–Kier alpha value is -1.94. The number of phenols is 1. The third kappa shape index (κ3) is 3.82. The molecule has 0 aliphatic rings. The van der Waals surface area contributed by atoms with Crippen LogP contribution >= 0.6 is 0 Å². The number of rotatable bonds is 5. The zero-order valence-corrected chi connectivity index (χ0v) is 9.94. The second-order valence-electron chi connectivity index (χ2n) is 4.07. The van der Waals surface area contributed by atoms with Gasteiger partial charge >= 0.3 is 0 Å². The summed E-state index contributed by atoms with van der Waals surface area (Å²) in [5.74, 6) is -0.465. The van der Waals surface area contributed by atoms with E-state index >= 15 is 0 Å². The van der Waals surface area contributed by atoms with Crippen LogP contribution in [0.15, 0.2) is 42.6 Å². The van der Waals surface area contributed by atoms with E-state index in [1.54, 1.807) is 12.3 Å². The lowest BCUT2D eigenvalue weighted by molar-refractivity contribution is 0.467. The number of pyridine rings is 1. The molecule has 2 aromatic rings. The first-order chi connectivity index (χ1) is 8.74. The molecule has 18 heavy (non-hydrogen) atoms. The highest BCUT2D eigenvalue weighted by molar-refractivity contribution is 5.28. The molecule has 2 rings (SSSR count). The molecule has 94 valence electrons. The number of aromatic hydroxyl groups is 1. The molecular formula is C14H15FN2O. The zero-order chi connectivity index (χ0) is 12.8. The number of halogens is 1. The van der Waals surface area contributed by atoms with E-state index in [1.807, 2.05) is 18.2 Å². The van der Waals surface area contributed by atoms with Gasteiger partial charge in [-0.1, -0.05) is 6.07 Å². The first-order valence-electron chi connectivity index (χ1n) is 5.83. The standard InChI is InChI=1S/C14H15FN2O/c15-12-7-11(8-14(18)9-12)10-16-6-4-13-3-1-2-5-17-13/h1-3,5,7-9,16,18H,4,6,10H2. The minimum absolute atomic E-state index is 0.0449. The molecule has 0 fully saturated rings. The molecule has 0 aliphatic carbocycles. The summed E-state index contributed by atoms with van der Waals surface area (Å²) in [7, 11) is 0. The number of hydrogen-bond donors (Lipinski definition) is 2. The summed E-state index contributed by atoms with van der Waals surface area (Å²) in [4.78, 5) is 4.21. The van der Waals surface area contributed by atoms with Gasteiger partial charge in [0.15, 0.2) is 0 Å². The maximum atomic E-state index is 13.0. The second-order valence-corrected chi connectivity index (χ2v) is 4.07. The number of nitrogens with zero attached hydrogens (tertiary/aromatic N) is 1. The number of hydrogen-bond acceptors (Lipinski definition) is 3. The van der Waals surface area contributed by atoms with E-state index in [1.165, 1.54) is 6.07 Å². The molecule has 1 aromatic heterocycles. The molecule has 0 bridgehead atoms. The Morgan fingerprint density at radius 3 is 2.83 bits per heavy atom. The predicted octanol–water partition coefficient (Wildman–Crippen LogP) is 2.26. The molecular weight excluding hydrogens is 231 g/mol. The second kappa shape index (κ2) is 6.12. The van der Waals surface area contributed by atoms with Crippen molar-refractivity contribution in [3.05, 3.63) is 59.7 Å². The van der Waals surface area contributed by atoms with Gasteiger partial charge in [0.25, 0.3) is 0 Å². The molecule has 0 saturated heterocycles. The molecule has 0 unspecified atom stereocenters. The molecule has 0 atom stereocenters. The van der Waals surface area contributed by atoms with E-state index in [-0.39, 0.29) is 5.75 Å². The van der Waals surface area contributed by atoms with Gasteiger partial charge in [-0.2, -0.15) is 0 Å². The minimum atomic E-state index is -0.420. The number of benzene rings is 1. The van der Waals surface area contributed by atoms with Crippen LogP contribution in [-0.4, -0.2) is 16.6 Å². The molecule has 3 nitrogen and oxygen atoms in total. The van der Waals surface area contributed by atoms with Gasteiger partial charge < -0.3 is 10.4 Å². The first-order valence-corrected chi connectivity index (χ1v) is 5.83. The summed E-state index contributed by atoms with van der Waals surface area (Å²) in [5, 5.41) is 12.4. The summed E-state index contributed by atoms with van der Waals surface area (Å²) in [6.45, 7) is 1.28. The predicted molar refractivity (Wildman–Crippen MR) is 67.7 cm³/mol. The van der Waals surface area contributed by atoms with Crippen molar-refractivity contribution in [2.45, 2.75) is 13.0 Å². The van der Waals surface area contributed by atoms with Crippen LogP contribution in [0.5, 0.6) is 5.75 Å². The third-order valence-electron chi connectivity index (χ3n) is 2.56. The van der Waals surface area contributed by atoms with Crippen LogP contribution in [-0.2, 0) is 13.0 Å². The maximum absolute atomic E-state index is 13.0. The molecule has 2 N–H and O–H groups in total. The van der Waals surface area contributed by atoms with Gasteiger partial charge in [-0.3, -0.25) is 4.98 Å². The van der Waals surface area contributed by atoms with Crippen molar-refractivity contribution in [3.63, 3.8) is 0 Å². The molecule has 0 radical (unpaired) electrons. The SMILES string of the molecule is Oc1cc(F)cc(CNCCc2ccccn2)c1. The van der Waals surface area contributed by atoms with Crippen molar-refractivity contribution in [3.8, 4) is 5.75 Å². The molecule has 0 amide bonds. The van der Waals surface area contributed by atoms with Crippen molar-refractivity contribution in [2.75, 3.05) is 6.54 Å². The lowest BCUT2D eigenvalue weighted by Gasteiger charge is -2.05. The lowest BCUT2D eigenvalue weighted by atomic mass is 10.2. The summed E-state index contributed by atoms with van der Waals surface area (Å²) in [6.07, 6.45) is 2.59. The van der Waals surface area contributed by atoms with E-state index in [0.29, 0.717) is 6.54 Å². The number of aromatic nitrogens is 1. The van der Waals surface area contributed by atoms with Gasteiger partial charge in [-0.25, -0.2) is 4.39 Å². The molecule has 0 aliphatic heterocycles. The van der Waals surface area contributed by atoms with Crippen LogP contribution in [0.1, 0.15) is 11.3 Å². The van der Waals surface area contributed by atoms with Gasteiger partial charge in [-0.15, -0.1) is 0 Å². The highest BCUT2D eigenvalue weighted by Gasteiger charge is 1.99. The highest BCUT2D eigenvalue weighted by atomic mass is 19.1. The Morgan fingerprint density at radius 1 is 1.22 bits per heavy atom. The van der Waals surface area contributed by atoms with Crippen LogP contribution in [0.4, 0.5) is 4.39 Å². The van der Waals surface area contributed by atoms with Crippen LogP contribution < -0.4 is 5.32 Å². The molecule has 0 spiro atoms. The normalized spacial score (nSPS) is 10.5. The fraction of sp³-hybridized carbons (Fsp3) is 0.214. The van der Waals surface area contributed by atoms with E-state index in [9.17, 15) is 9.50 Å². The molecule has 4 heteroatoms. The average molecular weight is 246 g/mol. The highest BCUT2D eigenvalue weighted by Crippen LogP contribution is 2.14. The number of phenolic OH excluding ortho intramolecular Hbond substituents is 1. The van der Waals surface area contributed by atoms with Crippen molar-refractivity contribution in [2.24, 2.45) is 0 Å². The van der Waals surface area contributed by atoms with Crippen LogP contribution in [0.3, 0.4) is 0 Å². The van der Waals surface area contributed by atoms with Crippen molar-refractivity contribution >= 4 is 0 Å². The van der Waals surface area contributed by atoms with Crippen LogP contribution in [0.2, 0.25) is 0 Å². The first kappa shape index (κ1) is 12.5. The molecule has 1 heterocycles. The molecule has 1 aromatic carbocycles. The van der Waals surface area contributed by atoms with E-state index < -0.39 is 5.82 Å². The van der Waals surface area contributed by atoms with Crippen molar-refractivity contribution in [1.29, 1.82) is 0 Å². The summed E-state index contributed by atoms with van der Waals surface area (Å²) >= 11 is 0. The van der Waals surface area contributed by atoms with Crippen LogP contribution in [0, 0.1) is 5.82 Å². The Morgan fingerprint density at radius 2 is 2.11 bits per heavy atom. The van der Waals surface area contributed by atoms with E-state index in [4.69, 9.17) is 0 Å². The van der Waals surface area contributed by atoms with Gasteiger partial charge in [0.1, 0.15) is 11.6 Å². The zero-order valence-electron chi connectivity index (χ0n) is 9.94. The Kier molecular flexibility index (Phi) is 4.25. The summed E-state index contributed by atoms with van der Waals surface area (Å²) in [5.41, 5.74) is 1.75. The van der Waals surface area contributed by atoms with Crippen LogP contribution in [0.25, 0.3) is 0 Å². The van der Waals surface area contributed by atoms with Gasteiger partial charge in [0.2, 0.25) is 0 Å². The monoisotopic (exact) mass is 246 g/mol. The average Bonchev–Trinajstić information content (AvgIpc) is 2.35. The minimum Gasteiger partial charge on any atom is -0.508 e. The topological polar surface area (TPSA) is 45.1 Å². The van der Waals surface area contributed by atoms with Gasteiger partial charge in [0.05, 0.1) is 0 Å². The van der Waals surface area contributed by atoms with Crippen molar-refractivity contribution in [1.82, 2.24) is 10.3 Å². The Labute approximate surface area is 105 Å². The quantitative estimate of drug-likeness (QED) is 0.795. The van der Waals surface area contributed by atoms with Gasteiger partial charge in [-0.05, 0) is 29.8 Å². The van der Waals surface area contributed by atoms with E-state index in [0.717, 1.165) is 30.3 Å². The fourth-order valence-corrected chi connectivity index (χ4v) is 1.73. The van der Waals surface area contributed by atoms with Gasteiger partial charge in [0, 0.05) is 37.5 Å². The molecule has 0 saturated carbocycles. The smallest absolute Gasteiger partial charge is 0.127 e.